The molecule has 1 N–H and O–H groups in total. The first-order valence-electron chi connectivity index (χ1n) is 6.58. The molecule has 0 saturated carbocycles. The third-order valence-corrected chi connectivity index (χ3v) is 3.29. The first-order chi connectivity index (χ1) is 9.58. The third-order valence-electron chi connectivity index (χ3n) is 3.29. The normalized spacial score (nSPS) is 10.2. The molecule has 0 aliphatic heterocycles. The van der Waals surface area contributed by atoms with Crippen LogP contribution < -0.4 is 10.1 Å². The molecule has 0 atom stereocenters. The van der Waals surface area contributed by atoms with Crippen molar-refractivity contribution in [3.8, 4) is 5.75 Å². The number of hydrogen-bond donors (Lipinski definition) is 1. The van der Waals surface area contributed by atoms with Gasteiger partial charge in [-0.2, -0.15) is 0 Å². The molecule has 2 aromatic carbocycles. The van der Waals surface area contributed by atoms with Crippen LogP contribution in [-0.2, 0) is 11.2 Å². The molecule has 0 aromatic heterocycles. The van der Waals surface area contributed by atoms with Crippen LogP contribution in [0, 0.1) is 13.8 Å². The van der Waals surface area contributed by atoms with Gasteiger partial charge in [-0.1, -0.05) is 18.2 Å². The average molecular weight is 269 g/mol. The van der Waals surface area contributed by atoms with E-state index in [-0.39, 0.29) is 5.91 Å². The minimum Gasteiger partial charge on any atom is -0.497 e. The van der Waals surface area contributed by atoms with Crippen LogP contribution in [0.1, 0.15) is 16.7 Å². The second-order valence-corrected chi connectivity index (χ2v) is 4.88. The van der Waals surface area contributed by atoms with Crippen LogP contribution in [0.3, 0.4) is 0 Å². The van der Waals surface area contributed by atoms with E-state index in [1.807, 2.05) is 49.4 Å². The monoisotopic (exact) mass is 269 g/mol. The summed E-state index contributed by atoms with van der Waals surface area (Å²) in [5.74, 6) is 0.739. The lowest BCUT2D eigenvalue weighted by Gasteiger charge is -2.08. The number of hydrogen-bond acceptors (Lipinski definition) is 2. The second kappa shape index (κ2) is 6.24. The van der Waals surface area contributed by atoms with E-state index in [1.54, 1.807) is 7.11 Å². The van der Waals surface area contributed by atoms with Gasteiger partial charge in [-0.3, -0.25) is 4.79 Å². The Hall–Kier alpha value is -2.29. The standard InChI is InChI=1S/C17H19NO2/c1-12-7-8-15(9-13(12)2)18-17(19)11-14-5-4-6-16(10-14)20-3/h4-10H,11H2,1-3H3,(H,18,19). The molecular weight excluding hydrogens is 250 g/mol. The molecule has 2 aromatic rings. The molecule has 0 aliphatic rings. The van der Waals surface area contributed by atoms with Gasteiger partial charge < -0.3 is 10.1 Å². The highest BCUT2D eigenvalue weighted by Crippen LogP contribution is 2.16. The lowest BCUT2D eigenvalue weighted by atomic mass is 10.1. The fraction of sp³-hybridized carbons (Fsp3) is 0.235. The van der Waals surface area contributed by atoms with Crippen molar-refractivity contribution < 1.29 is 9.53 Å². The zero-order chi connectivity index (χ0) is 14.5. The predicted molar refractivity (Wildman–Crippen MR) is 81.2 cm³/mol. The lowest BCUT2D eigenvalue weighted by molar-refractivity contribution is -0.115. The molecule has 0 aliphatic carbocycles. The Labute approximate surface area is 119 Å². The number of benzene rings is 2. The van der Waals surface area contributed by atoms with E-state index in [1.165, 1.54) is 11.1 Å². The van der Waals surface area contributed by atoms with Gasteiger partial charge in [0.2, 0.25) is 5.91 Å². The molecule has 20 heavy (non-hydrogen) atoms. The topological polar surface area (TPSA) is 38.3 Å². The van der Waals surface area contributed by atoms with E-state index in [2.05, 4.69) is 12.2 Å². The number of rotatable bonds is 4. The van der Waals surface area contributed by atoms with Crippen LogP contribution in [0.25, 0.3) is 0 Å². The van der Waals surface area contributed by atoms with E-state index in [9.17, 15) is 4.79 Å². The molecule has 0 radical (unpaired) electrons. The van der Waals surface area contributed by atoms with E-state index in [0.29, 0.717) is 6.42 Å². The molecule has 0 bridgehead atoms. The molecule has 0 fully saturated rings. The molecule has 1 amide bonds. The highest BCUT2D eigenvalue weighted by Gasteiger charge is 2.05. The van der Waals surface area contributed by atoms with Crippen LogP contribution in [-0.4, -0.2) is 13.0 Å². The van der Waals surface area contributed by atoms with Crippen LogP contribution in [0.4, 0.5) is 5.69 Å². The number of methoxy groups -OCH3 is 1. The molecule has 2 rings (SSSR count). The SMILES string of the molecule is COc1cccc(CC(=O)Nc2ccc(C)c(C)c2)c1. The Morgan fingerprint density at radius 3 is 2.60 bits per heavy atom. The predicted octanol–water partition coefficient (Wildman–Crippen LogP) is 3.49. The summed E-state index contributed by atoms with van der Waals surface area (Å²) >= 11 is 0. The molecular formula is C17H19NO2. The fourth-order valence-electron chi connectivity index (χ4n) is 1.99. The smallest absolute Gasteiger partial charge is 0.228 e. The molecule has 0 spiro atoms. The summed E-state index contributed by atoms with van der Waals surface area (Å²) in [4.78, 5) is 12.0. The van der Waals surface area contributed by atoms with Crippen LogP contribution in [0.2, 0.25) is 0 Å². The van der Waals surface area contributed by atoms with Crippen molar-refractivity contribution in [2.45, 2.75) is 20.3 Å². The minimum atomic E-state index is -0.0264. The number of anilines is 1. The van der Waals surface area contributed by atoms with Gasteiger partial charge in [-0.25, -0.2) is 0 Å². The maximum absolute atomic E-state index is 12.0. The summed E-state index contributed by atoms with van der Waals surface area (Å²) in [7, 11) is 1.62. The van der Waals surface area contributed by atoms with Crippen LogP contribution in [0.15, 0.2) is 42.5 Å². The van der Waals surface area contributed by atoms with Gasteiger partial charge in [0.15, 0.2) is 0 Å². The highest BCUT2D eigenvalue weighted by atomic mass is 16.5. The van der Waals surface area contributed by atoms with Crippen LogP contribution >= 0.6 is 0 Å². The first kappa shape index (κ1) is 14.1. The van der Waals surface area contributed by atoms with E-state index in [0.717, 1.165) is 17.0 Å². The summed E-state index contributed by atoms with van der Waals surface area (Å²) in [6, 6.07) is 13.5. The van der Waals surface area contributed by atoms with Crippen molar-refractivity contribution in [1.82, 2.24) is 0 Å². The summed E-state index contributed by atoms with van der Waals surface area (Å²) in [6.45, 7) is 4.09. The van der Waals surface area contributed by atoms with Crippen molar-refractivity contribution in [1.29, 1.82) is 0 Å². The maximum Gasteiger partial charge on any atom is 0.228 e. The Bertz CT molecular complexity index is 620. The zero-order valence-electron chi connectivity index (χ0n) is 12.1. The number of ether oxygens (including phenoxy) is 1. The number of aryl methyl sites for hydroxylation is 2. The Balaban J connectivity index is 2.03. The van der Waals surface area contributed by atoms with Gasteiger partial charge in [0.05, 0.1) is 13.5 Å². The number of amides is 1. The zero-order valence-corrected chi connectivity index (χ0v) is 12.1. The van der Waals surface area contributed by atoms with Gasteiger partial charge in [0, 0.05) is 5.69 Å². The summed E-state index contributed by atoms with van der Waals surface area (Å²) in [5, 5.41) is 2.92. The third kappa shape index (κ3) is 3.60. The van der Waals surface area contributed by atoms with Gasteiger partial charge in [-0.15, -0.1) is 0 Å². The number of carbonyl (C=O) groups excluding carboxylic acids is 1. The lowest BCUT2D eigenvalue weighted by Crippen LogP contribution is -2.14. The van der Waals surface area contributed by atoms with Crippen molar-refractivity contribution in [3.05, 3.63) is 59.2 Å². The van der Waals surface area contributed by atoms with Gasteiger partial charge >= 0.3 is 0 Å². The van der Waals surface area contributed by atoms with E-state index >= 15 is 0 Å². The quantitative estimate of drug-likeness (QED) is 0.922. The summed E-state index contributed by atoms with van der Waals surface area (Å²) in [5.41, 5.74) is 4.16. The van der Waals surface area contributed by atoms with Crippen molar-refractivity contribution in [3.63, 3.8) is 0 Å². The fourth-order valence-corrected chi connectivity index (χ4v) is 1.99. The molecule has 104 valence electrons. The van der Waals surface area contributed by atoms with Gasteiger partial charge in [0.25, 0.3) is 0 Å². The average Bonchev–Trinajstić information content (AvgIpc) is 2.43. The Morgan fingerprint density at radius 1 is 1.10 bits per heavy atom. The molecule has 0 unspecified atom stereocenters. The first-order valence-corrected chi connectivity index (χ1v) is 6.58. The van der Waals surface area contributed by atoms with E-state index in [4.69, 9.17) is 4.74 Å². The largest absolute Gasteiger partial charge is 0.497 e. The highest BCUT2D eigenvalue weighted by molar-refractivity contribution is 5.92. The van der Waals surface area contributed by atoms with Crippen molar-refractivity contribution in [2.24, 2.45) is 0 Å². The molecule has 0 saturated heterocycles. The maximum atomic E-state index is 12.0. The Morgan fingerprint density at radius 2 is 1.90 bits per heavy atom. The number of carbonyl (C=O) groups is 1. The number of nitrogens with one attached hydrogen (secondary N) is 1. The van der Waals surface area contributed by atoms with Crippen molar-refractivity contribution in [2.75, 3.05) is 12.4 Å². The molecule has 3 nitrogen and oxygen atoms in total. The summed E-state index contributed by atoms with van der Waals surface area (Å²) < 4.78 is 5.15. The van der Waals surface area contributed by atoms with E-state index < -0.39 is 0 Å². The molecule has 3 heteroatoms. The summed E-state index contributed by atoms with van der Waals surface area (Å²) in [6.07, 6.45) is 0.337. The minimum absolute atomic E-state index is 0.0264. The van der Waals surface area contributed by atoms with Crippen molar-refractivity contribution >= 4 is 11.6 Å². The Kier molecular flexibility index (Phi) is 4.41. The van der Waals surface area contributed by atoms with Gasteiger partial charge in [0.1, 0.15) is 5.75 Å². The van der Waals surface area contributed by atoms with Crippen LogP contribution in [0.5, 0.6) is 5.75 Å². The molecule has 0 heterocycles. The second-order valence-electron chi connectivity index (χ2n) is 4.88. The van der Waals surface area contributed by atoms with Gasteiger partial charge in [-0.05, 0) is 54.8 Å².